The van der Waals surface area contributed by atoms with Crippen molar-refractivity contribution < 1.29 is 14.8 Å². The summed E-state index contributed by atoms with van der Waals surface area (Å²) in [6.45, 7) is 0. The lowest BCUT2D eigenvalue weighted by Gasteiger charge is -2.14. The predicted octanol–water partition coefficient (Wildman–Crippen LogP) is 2.63. The zero-order valence-electron chi connectivity index (χ0n) is 17.7. The van der Waals surface area contributed by atoms with E-state index >= 15 is 0 Å². The summed E-state index contributed by atoms with van der Waals surface area (Å²) < 4.78 is 0. The molecule has 170 valence electrons. The van der Waals surface area contributed by atoms with Crippen molar-refractivity contribution in [2.45, 2.75) is 12.5 Å². The molecule has 0 radical (unpaired) electrons. The first-order chi connectivity index (χ1) is 16.4. The average molecular weight is 457 g/mol. The number of non-ortho nitro benzene ring substituents is 1. The van der Waals surface area contributed by atoms with E-state index < -0.39 is 22.5 Å². The molecule has 0 bridgehead atoms. The molecule has 4 aromatic rings. The highest BCUT2D eigenvalue weighted by Crippen LogP contribution is 2.20. The van der Waals surface area contributed by atoms with Crippen LogP contribution in [0.15, 0.2) is 88.8 Å². The van der Waals surface area contributed by atoms with E-state index in [1.807, 2.05) is 6.07 Å². The van der Waals surface area contributed by atoms with Gasteiger partial charge in [0.25, 0.3) is 11.2 Å². The Morgan fingerprint density at radius 2 is 1.76 bits per heavy atom. The molecule has 0 saturated carbocycles. The van der Waals surface area contributed by atoms with E-state index in [9.17, 15) is 24.8 Å². The number of hydrazone groups is 1. The summed E-state index contributed by atoms with van der Waals surface area (Å²) >= 11 is 0. The van der Waals surface area contributed by atoms with Crippen molar-refractivity contribution in [1.82, 2.24) is 15.4 Å². The zero-order valence-corrected chi connectivity index (χ0v) is 17.7. The molecule has 10 heteroatoms. The second kappa shape index (κ2) is 9.84. The average Bonchev–Trinajstić information content (AvgIpc) is 2.85. The van der Waals surface area contributed by atoms with Crippen molar-refractivity contribution in [3.8, 4) is 0 Å². The van der Waals surface area contributed by atoms with Gasteiger partial charge in [0.2, 0.25) is 5.91 Å². The Morgan fingerprint density at radius 3 is 2.44 bits per heavy atom. The number of aliphatic hydroxyl groups excluding tert-OH is 1. The Kier molecular flexibility index (Phi) is 6.51. The van der Waals surface area contributed by atoms with Gasteiger partial charge in [-0.25, -0.2) is 10.4 Å². The van der Waals surface area contributed by atoms with Crippen LogP contribution < -0.4 is 11.0 Å². The minimum absolute atomic E-state index is 0.0459. The van der Waals surface area contributed by atoms with E-state index in [1.165, 1.54) is 18.2 Å². The van der Waals surface area contributed by atoms with Crippen LogP contribution in [0.2, 0.25) is 0 Å². The summed E-state index contributed by atoms with van der Waals surface area (Å²) in [6, 6.07) is 21.3. The van der Waals surface area contributed by atoms with E-state index in [2.05, 4.69) is 20.5 Å². The Labute approximate surface area is 192 Å². The van der Waals surface area contributed by atoms with E-state index in [1.54, 1.807) is 54.6 Å². The zero-order chi connectivity index (χ0) is 24.1. The van der Waals surface area contributed by atoms with Crippen LogP contribution in [0.1, 0.15) is 22.9 Å². The minimum atomic E-state index is -1.37. The number of nitro groups is 1. The first-order valence-corrected chi connectivity index (χ1v) is 10.2. The second-order valence-corrected chi connectivity index (χ2v) is 7.38. The standard InChI is InChI=1S/C24H19N5O5/c30-20(13-15-7-3-1-4-8-15)27-28-21(23(31)16-9-5-2-6-10-16)22-24(32)26-19-14-17(29(33)34)11-12-18(19)25-22/h1-12,14,23,31H,13H2,(H,26,32)(H,27,30)/b28-21+/t23-/m0/s1. The molecule has 0 spiro atoms. The third kappa shape index (κ3) is 5.03. The van der Waals surface area contributed by atoms with Crippen molar-refractivity contribution in [2.75, 3.05) is 0 Å². The highest BCUT2D eigenvalue weighted by molar-refractivity contribution is 6.03. The molecule has 34 heavy (non-hydrogen) atoms. The van der Waals surface area contributed by atoms with Gasteiger partial charge >= 0.3 is 0 Å². The molecule has 1 heterocycles. The van der Waals surface area contributed by atoms with Crippen LogP contribution >= 0.6 is 0 Å². The Bertz CT molecular complexity index is 1430. The van der Waals surface area contributed by atoms with Crippen LogP contribution in [-0.4, -0.2) is 31.6 Å². The quantitative estimate of drug-likeness (QED) is 0.220. The van der Waals surface area contributed by atoms with Crippen molar-refractivity contribution in [3.63, 3.8) is 0 Å². The number of nitrogens with zero attached hydrogens (tertiary/aromatic N) is 3. The number of benzene rings is 3. The number of hydrogen-bond acceptors (Lipinski definition) is 7. The molecule has 0 fully saturated rings. The van der Waals surface area contributed by atoms with Crippen LogP contribution in [0.4, 0.5) is 5.69 Å². The summed E-state index contributed by atoms with van der Waals surface area (Å²) in [4.78, 5) is 42.5. The number of fused-ring (bicyclic) bond motifs is 1. The van der Waals surface area contributed by atoms with Crippen LogP contribution in [0.3, 0.4) is 0 Å². The van der Waals surface area contributed by atoms with Gasteiger partial charge in [0.05, 0.1) is 22.4 Å². The number of carbonyl (C=O) groups is 1. The summed E-state index contributed by atoms with van der Waals surface area (Å²) in [7, 11) is 0. The summed E-state index contributed by atoms with van der Waals surface area (Å²) in [5.74, 6) is -0.447. The van der Waals surface area contributed by atoms with Gasteiger partial charge in [0.1, 0.15) is 11.8 Å². The molecule has 1 amide bonds. The number of aliphatic hydroxyl groups is 1. The molecule has 1 atom stereocenters. The normalized spacial score (nSPS) is 12.3. The number of aromatic nitrogens is 2. The molecule has 4 rings (SSSR count). The SMILES string of the molecule is O=C(Cc1ccccc1)N/N=C(\c1nc2ccc([N+](=O)[O-])cc2[nH]c1=O)[C@@H](O)c1ccccc1. The lowest BCUT2D eigenvalue weighted by molar-refractivity contribution is -0.384. The molecular weight excluding hydrogens is 438 g/mol. The fourth-order valence-corrected chi connectivity index (χ4v) is 3.34. The van der Waals surface area contributed by atoms with E-state index in [4.69, 9.17) is 0 Å². The van der Waals surface area contributed by atoms with Crippen molar-refractivity contribution in [3.05, 3.63) is 116 Å². The number of aromatic amines is 1. The van der Waals surface area contributed by atoms with Crippen molar-refractivity contribution >= 4 is 28.3 Å². The number of nitrogens with one attached hydrogen (secondary N) is 2. The number of rotatable bonds is 7. The summed E-state index contributed by atoms with van der Waals surface area (Å²) in [5.41, 5.74) is 2.67. The maximum atomic E-state index is 12.8. The van der Waals surface area contributed by atoms with Gasteiger partial charge in [-0.05, 0) is 17.2 Å². The molecule has 3 aromatic carbocycles. The van der Waals surface area contributed by atoms with Crippen LogP contribution in [0, 0.1) is 10.1 Å². The van der Waals surface area contributed by atoms with Gasteiger partial charge in [-0.15, -0.1) is 0 Å². The lowest BCUT2D eigenvalue weighted by Crippen LogP contribution is -2.29. The molecule has 10 nitrogen and oxygen atoms in total. The second-order valence-electron chi connectivity index (χ2n) is 7.38. The summed E-state index contributed by atoms with van der Waals surface area (Å²) in [5, 5.41) is 26.1. The van der Waals surface area contributed by atoms with Gasteiger partial charge in [0, 0.05) is 12.1 Å². The highest BCUT2D eigenvalue weighted by Gasteiger charge is 2.23. The molecule has 0 saturated heterocycles. The number of H-pyrrole nitrogens is 1. The monoisotopic (exact) mass is 457 g/mol. The van der Waals surface area contributed by atoms with Gasteiger partial charge in [0.15, 0.2) is 5.69 Å². The highest BCUT2D eigenvalue weighted by atomic mass is 16.6. The van der Waals surface area contributed by atoms with E-state index in [0.717, 1.165) is 5.56 Å². The van der Waals surface area contributed by atoms with Gasteiger partial charge in [-0.2, -0.15) is 5.10 Å². The van der Waals surface area contributed by atoms with Crippen molar-refractivity contribution in [2.24, 2.45) is 5.10 Å². The molecule has 1 aromatic heterocycles. The number of hydrogen-bond donors (Lipinski definition) is 3. The fourth-order valence-electron chi connectivity index (χ4n) is 3.34. The Balaban J connectivity index is 1.73. The molecular formula is C24H19N5O5. The van der Waals surface area contributed by atoms with Crippen LogP contribution in [0.25, 0.3) is 11.0 Å². The molecule has 0 unspecified atom stereocenters. The smallest absolute Gasteiger partial charge is 0.276 e. The molecule has 3 N–H and O–H groups in total. The Morgan fingerprint density at radius 1 is 1.09 bits per heavy atom. The first kappa shape index (κ1) is 22.5. The fraction of sp³-hybridized carbons (Fsp3) is 0.0833. The third-order valence-electron chi connectivity index (χ3n) is 5.01. The molecule has 0 aliphatic heterocycles. The molecule has 0 aliphatic rings. The summed E-state index contributed by atoms with van der Waals surface area (Å²) in [6.07, 6.45) is -1.33. The third-order valence-corrected chi connectivity index (χ3v) is 5.01. The lowest BCUT2D eigenvalue weighted by atomic mass is 10.0. The van der Waals surface area contributed by atoms with Gasteiger partial charge < -0.3 is 10.1 Å². The maximum absolute atomic E-state index is 12.8. The van der Waals surface area contributed by atoms with Gasteiger partial charge in [-0.3, -0.25) is 19.7 Å². The van der Waals surface area contributed by atoms with E-state index in [-0.39, 0.29) is 34.5 Å². The van der Waals surface area contributed by atoms with E-state index in [0.29, 0.717) is 5.56 Å². The number of carbonyl (C=O) groups excluding carboxylic acids is 1. The number of amides is 1. The predicted molar refractivity (Wildman–Crippen MR) is 125 cm³/mol. The first-order valence-electron chi connectivity index (χ1n) is 10.2. The van der Waals surface area contributed by atoms with Crippen LogP contribution in [-0.2, 0) is 11.2 Å². The van der Waals surface area contributed by atoms with Gasteiger partial charge in [-0.1, -0.05) is 60.7 Å². The topological polar surface area (TPSA) is 151 Å². The Hall–Kier alpha value is -4.70. The van der Waals surface area contributed by atoms with Crippen LogP contribution in [0.5, 0.6) is 0 Å². The molecule has 0 aliphatic carbocycles. The largest absolute Gasteiger partial charge is 0.382 e. The maximum Gasteiger partial charge on any atom is 0.276 e. The van der Waals surface area contributed by atoms with Crippen molar-refractivity contribution in [1.29, 1.82) is 0 Å². The number of nitro benzene ring substituents is 1. The minimum Gasteiger partial charge on any atom is -0.382 e.